The molecule has 0 atom stereocenters. The number of amides is 2. The van der Waals surface area contributed by atoms with E-state index >= 15 is 0 Å². The van der Waals surface area contributed by atoms with Crippen molar-refractivity contribution in [2.75, 3.05) is 18.4 Å². The van der Waals surface area contributed by atoms with Crippen LogP contribution in [0.15, 0.2) is 32.6 Å². The minimum Gasteiger partial charge on any atom is -0.504 e. The topological polar surface area (TPSA) is 154 Å². The molecule has 2 aromatic heterocycles. The molecule has 0 unspecified atom stereocenters. The molecule has 4 N–H and O–H groups in total. The highest BCUT2D eigenvalue weighted by Gasteiger charge is 2.65. The summed E-state index contributed by atoms with van der Waals surface area (Å²) >= 11 is 9.05. The molecule has 20 heteroatoms. The number of anilines is 1. The molecule has 3 heterocycles. The Balaban J connectivity index is 1.43. The number of aryl methyl sites for hydroxylation is 3. The number of aromatic amines is 2. The summed E-state index contributed by atoms with van der Waals surface area (Å²) < 4.78 is 68.4. The maximum Gasteiger partial charge on any atom is 0.310 e. The molecule has 5 rings (SSSR count). The average molecular weight is 746 g/mol. The highest BCUT2D eigenvalue weighted by Crippen LogP contribution is 3.02. The second-order valence-electron chi connectivity index (χ2n) is 11.0. The number of rotatable bonds is 5. The molecular weight excluding hydrogens is 719 g/mol. The van der Waals surface area contributed by atoms with Crippen molar-refractivity contribution in [3.05, 3.63) is 61.0 Å². The van der Waals surface area contributed by atoms with Gasteiger partial charge in [0.15, 0.2) is 11.4 Å². The molecule has 1 saturated heterocycles. The van der Waals surface area contributed by atoms with Gasteiger partial charge in [-0.1, -0.05) is 31.0 Å². The van der Waals surface area contributed by atoms with E-state index in [9.17, 15) is 38.9 Å². The number of benzene rings is 1. The van der Waals surface area contributed by atoms with E-state index in [0.29, 0.717) is 43.0 Å². The highest BCUT2D eigenvalue weighted by atomic mass is 79.9. The normalized spacial score (nSPS) is 17.4. The monoisotopic (exact) mass is 744 g/mol. The Labute approximate surface area is 265 Å². The van der Waals surface area contributed by atoms with Crippen molar-refractivity contribution < 1.29 is 34.1 Å². The van der Waals surface area contributed by atoms with Crippen LogP contribution < -0.4 is 10.9 Å². The Hall–Kier alpha value is -3.58. The van der Waals surface area contributed by atoms with Crippen molar-refractivity contribution in [3.63, 3.8) is 0 Å². The van der Waals surface area contributed by atoms with Crippen LogP contribution in [0.25, 0.3) is 0 Å². The Morgan fingerprint density at radius 1 is 1.18 bits per heavy atom. The van der Waals surface area contributed by atoms with E-state index in [4.69, 9.17) is 11.6 Å². The van der Waals surface area contributed by atoms with Crippen molar-refractivity contribution in [1.82, 2.24) is 34.7 Å². The maximum atomic E-state index is 14.0. The van der Waals surface area contributed by atoms with Crippen molar-refractivity contribution >= 4 is 55.3 Å². The third kappa shape index (κ3) is 6.42. The summed E-state index contributed by atoms with van der Waals surface area (Å²) in [7, 11) is -8.38. The maximum absolute atomic E-state index is 14.0. The lowest BCUT2D eigenvalue weighted by Crippen LogP contribution is -2.47. The third-order valence-corrected chi connectivity index (χ3v) is 10.2. The summed E-state index contributed by atoms with van der Waals surface area (Å²) in [6.45, 7) is 1.38. The number of carbonyl (C=O) groups excluding carboxylic acids is 2. The van der Waals surface area contributed by atoms with Gasteiger partial charge in [-0.3, -0.25) is 24.2 Å². The number of nitrogens with one attached hydrogen (secondary N) is 3. The molecule has 0 bridgehead atoms. The standard InChI is InChI=1S/C25H27BrClF5N8O4S/c1-13-21(42)20(35-34-13)23(44)39-9-7-25(8-10-39)6-5-17-19(25)22(43)40(37-24(26)38(2)36-17)12-18(41)33-16-4-3-14(11-15(16)27)45(28,29,30,31)32/h3-4,11,36,42H,5-10,12H2,1-2H3,(H,33,41)(H,34,35). The first-order valence-corrected chi connectivity index (χ1v) is 16.5. The average Bonchev–Trinajstić information content (AvgIpc) is 3.45. The third-order valence-electron chi connectivity index (χ3n) is 8.01. The van der Waals surface area contributed by atoms with E-state index in [0.717, 1.165) is 4.68 Å². The van der Waals surface area contributed by atoms with E-state index in [2.05, 4.69) is 41.6 Å². The molecule has 12 nitrogen and oxygen atoms in total. The number of piperidine rings is 1. The van der Waals surface area contributed by atoms with Gasteiger partial charge in [-0.2, -0.15) is 5.10 Å². The molecule has 1 fully saturated rings. The number of nitrogens with zero attached hydrogens (tertiary/aromatic N) is 5. The number of fused-ring (bicyclic) bond motifs is 2. The van der Waals surface area contributed by atoms with Crippen LogP contribution >= 0.6 is 37.8 Å². The molecule has 1 aromatic carbocycles. The molecule has 0 radical (unpaired) electrons. The minimum absolute atomic E-state index is 0.0280. The lowest BCUT2D eigenvalue weighted by Gasteiger charge is -2.40. The molecule has 45 heavy (non-hydrogen) atoms. The fourth-order valence-electron chi connectivity index (χ4n) is 5.63. The van der Waals surface area contributed by atoms with Crippen LogP contribution in [0.4, 0.5) is 25.1 Å². The second-order valence-corrected chi connectivity index (χ2v) is 14.5. The molecule has 0 saturated carbocycles. The van der Waals surface area contributed by atoms with Gasteiger partial charge in [0.2, 0.25) is 10.6 Å². The van der Waals surface area contributed by atoms with Crippen LogP contribution in [0, 0.1) is 6.92 Å². The van der Waals surface area contributed by atoms with Crippen LogP contribution in [-0.2, 0) is 30.2 Å². The largest absolute Gasteiger partial charge is 0.504 e. The predicted molar refractivity (Wildman–Crippen MR) is 159 cm³/mol. The first-order valence-electron chi connectivity index (χ1n) is 13.4. The number of likely N-dealkylation sites (tertiary alicyclic amines) is 1. The Bertz CT molecular complexity index is 1850. The molecule has 1 aliphatic heterocycles. The molecule has 246 valence electrons. The van der Waals surface area contributed by atoms with E-state index in [-0.39, 0.29) is 52.8 Å². The Kier molecular flexibility index (Phi) is 7.64. The summed E-state index contributed by atoms with van der Waals surface area (Å²) in [5, 5.41) is 25.4. The predicted octanol–water partition coefficient (Wildman–Crippen LogP) is 5.60. The van der Waals surface area contributed by atoms with E-state index in [1.54, 1.807) is 18.9 Å². The zero-order chi connectivity index (χ0) is 33.2. The van der Waals surface area contributed by atoms with E-state index < -0.39 is 49.5 Å². The van der Waals surface area contributed by atoms with Crippen LogP contribution in [-0.4, -0.2) is 64.7 Å². The van der Waals surface area contributed by atoms with Crippen molar-refractivity contribution in [2.45, 2.75) is 49.5 Å². The molecular formula is C25H27BrClF5N8O4S. The van der Waals surface area contributed by atoms with Gasteiger partial charge in [-0.15, -0.1) is 5.10 Å². The van der Waals surface area contributed by atoms with Gasteiger partial charge in [0.05, 0.1) is 10.7 Å². The lowest BCUT2D eigenvalue weighted by atomic mass is 9.74. The van der Waals surface area contributed by atoms with Gasteiger partial charge >= 0.3 is 10.2 Å². The Morgan fingerprint density at radius 3 is 2.42 bits per heavy atom. The van der Waals surface area contributed by atoms with E-state index in [1.807, 2.05) is 0 Å². The number of hydrogen-bond donors (Lipinski definition) is 4. The van der Waals surface area contributed by atoms with Gasteiger partial charge in [0, 0.05) is 36.8 Å². The SMILES string of the molecule is Cc1n[nH]c(C(=O)N2CCC3(CCc4[nH]n(C)c(Br)nn(CC(=O)Nc5ccc(S(F)(F)(F)(F)F)cc5Cl)c(=O)c43)CC2)c1O. The minimum atomic E-state index is -10.0. The van der Waals surface area contributed by atoms with Gasteiger partial charge < -0.3 is 20.4 Å². The summed E-state index contributed by atoms with van der Waals surface area (Å²) in [6.07, 6.45) is 1.82. The molecule has 2 amide bonds. The lowest BCUT2D eigenvalue weighted by molar-refractivity contribution is -0.117. The number of aromatic nitrogens is 6. The smallest absolute Gasteiger partial charge is 0.310 e. The van der Waals surface area contributed by atoms with Crippen LogP contribution in [0.5, 0.6) is 5.75 Å². The Morgan fingerprint density at radius 2 is 1.84 bits per heavy atom. The van der Waals surface area contributed by atoms with Gasteiger partial charge in [-0.25, -0.2) is 4.68 Å². The number of H-pyrrole nitrogens is 2. The van der Waals surface area contributed by atoms with Gasteiger partial charge in [-0.05, 0) is 66.7 Å². The summed E-state index contributed by atoms with van der Waals surface area (Å²) in [6, 6.07) is 0.747. The van der Waals surface area contributed by atoms with Crippen molar-refractivity contribution in [3.8, 4) is 5.75 Å². The van der Waals surface area contributed by atoms with Crippen molar-refractivity contribution in [2.24, 2.45) is 7.05 Å². The molecule has 1 spiro atoms. The van der Waals surface area contributed by atoms with E-state index in [1.165, 1.54) is 4.68 Å². The first kappa shape index (κ1) is 32.8. The molecule has 3 aromatic rings. The number of aromatic hydroxyl groups is 1. The van der Waals surface area contributed by atoms with Crippen LogP contribution in [0.1, 0.15) is 46.7 Å². The number of halogens is 7. The summed E-state index contributed by atoms with van der Waals surface area (Å²) in [5.74, 6) is -1.58. The molecule has 2 aliphatic rings. The summed E-state index contributed by atoms with van der Waals surface area (Å²) in [5.41, 5.74) is -0.443. The fourth-order valence-corrected chi connectivity index (χ4v) is 6.87. The van der Waals surface area contributed by atoms with Crippen LogP contribution in [0.3, 0.4) is 0 Å². The first-order chi connectivity index (χ1) is 20.7. The van der Waals surface area contributed by atoms with Gasteiger partial charge in [0.1, 0.15) is 17.1 Å². The number of carbonyl (C=O) groups is 2. The quantitative estimate of drug-likeness (QED) is 0.250. The van der Waals surface area contributed by atoms with Gasteiger partial charge in [0.25, 0.3) is 11.5 Å². The zero-order valence-electron chi connectivity index (χ0n) is 23.6. The molecule has 1 aliphatic carbocycles. The fraction of sp³-hybridized carbons (Fsp3) is 0.400. The summed E-state index contributed by atoms with van der Waals surface area (Å²) in [4.78, 5) is 39.4. The van der Waals surface area contributed by atoms with Crippen LogP contribution in [0.2, 0.25) is 5.02 Å². The number of hydrogen-bond acceptors (Lipinski definition) is 6. The highest BCUT2D eigenvalue weighted by molar-refractivity contribution is 9.10. The second kappa shape index (κ2) is 10.5. The van der Waals surface area contributed by atoms with Crippen molar-refractivity contribution in [1.29, 1.82) is 0 Å². The zero-order valence-corrected chi connectivity index (χ0v) is 26.8.